The second kappa shape index (κ2) is 9.06. The van der Waals surface area contributed by atoms with Gasteiger partial charge in [-0.3, -0.25) is 4.79 Å². The maximum absolute atomic E-state index is 13.3. The Hall–Kier alpha value is -3.67. The van der Waals surface area contributed by atoms with Crippen LogP contribution in [-0.2, 0) is 11.3 Å². The Morgan fingerprint density at radius 1 is 1.06 bits per heavy atom. The number of carbonyl (C=O) groups is 1. The van der Waals surface area contributed by atoms with E-state index in [0.717, 1.165) is 41.3 Å². The van der Waals surface area contributed by atoms with Crippen molar-refractivity contribution in [2.45, 2.75) is 32.2 Å². The molecule has 33 heavy (non-hydrogen) atoms. The predicted octanol–water partition coefficient (Wildman–Crippen LogP) is 5.47. The Bertz CT molecular complexity index is 1280. The summed E-state index contributed by atoms with van der Waals surface area (Å²) in [5, 5.41) is 0. The van der Waals surface area contributed by atoms with Gasteiger partial charge < -0.3 is 14.2 Å². The summed E-state index contributed by atoms with van der Waals surface area (Å²) in [6.45, 7) is 3.94. The van der Waals surface area contributed by atoms with Crippen LogP contribution < -0.4 is 9.64 Å². The number of para-hydroxylation sites is 2. The summed E-state index contributed by atoms with van der Waals surface area (Å²) in [6, 6.07) is 22.2. The molecule has 1 amide bonds. The Balaban J connectivity index is 1.34. The van der Waals surface area contributed by atoms with E-state index in [1.807, 2.05) is 36.4 Å². The molecule has 1 fully saturated rings. The van der Waals surface area contributed by atoms with E-state index in [0.29, 0.717) is 19.6 Å². The van der Waals surface area contributed by atoms with Gasteiger partial charge in [0.1, 0.15) is 17.4 Å². The van der Waals surface area contributed by atoms with Crippen LogP contribution in [0.25, 0.3) is 11.0 Å². The first-order valence-electron chi connectivity index (χ1n) is 11.3. The smallest absolute Gasteiger partial charge is 0.227 e. The van der Waals surface area contributed by atoms with Crippen molar-refractivity contribution in [2.75, 3.05) is 18.1 Å². The van der Waals surface area contributed by atoms with Gasteiger partial charge in [-0.05, 0) is 67.4 Å². The fraction of sp³-hybridized carbons (Fsp3) is 0.259. The molecule has 0 radical (unpaired) electrons. The Labute approximate surface area is 192 Å². The van der Waals surface area contributed by atoms with Gasteiger partial charge in [-0.15, -0.1) is 0 Å². The topological polar surface area (TPSA) is 47.4 Å². The molecule has 0 unspecified atom stereocenters. The number of amides is 1. The van der Waals surface area contributed by atoms with E-state index in [1.54, 1.807) is 17.0 Å². The molecule has 0 aliphatic carbocycles. The van der Waals surface area contributed by atoms with Crippen LogP contribution in [0.2, 0.25) is 0 Å². The zero-order valence-corrected chi connectivity index (χ0v) is 18.6. The lowest BCUT2D eigenvalue weighted by Crippen LogP contribution is -2.24. The fourth-order valence-corrected chi connectivity index (χ4v) is 4.51. The fourth-order valence-electron chi connectivity index (χ4n) is 4.51. The molecule has 0 saturated carbocycles. The van der Waals surface area contributed by atoms with Gasteiger partial charge in [-0.1, -0.05) is 24.3 Å². The van der Waals surface area contributed by atoms with Crippen molar-refractivity contribution in [3.63, 3.8) is 0 Å². The zero-order chi connectivity index (χ0) is 22.8. The molecular formula is C27H26FN3O2. The second-order valence-electron chi connectivity index (χ2n) is 8.51. The van der Waals surface area contributed by atoms with E-state index in [2.05, 4.69) is 23.6 Å². The third-order valence-corrected chi connectivity index (χ3v) is 6.10. The summed E-state index contributed by atoms with van der Waals surface area (Å²) in [7, 11) is 0. The van der Waals surface area contributed by atoms with Gasteiger partial charge in [0, 0.05) is 31.1 Å². The summed E-state index contributed by atoms with van der Waals surface area (Å²) in [6.07, 6.45) is 1.21. The number of aromatic nitrogens is 2. The van der Waals surface area contributed by atoms with Crippen LogP contribution in [0.3, 0.4) is 0 Å². The molecule has 168 valence electrons. The van der Waals surface area contributed by atoms with Crippen molar-refractivity contribution < 1.29 is 13.9 Å². The van der Waals surface area contributed by atoms with E-state index < -0.39 is 0 Å². The number of aryl methyl sites for hydroxylation is 2. The molecule has 1 aromatic heterocycles. The average Bonchev–Trinajstić information content (AvgIpc) is 3.38. The number of hydrogen-bond acceptors (Lipinski definition) is 3. The van der Waals surface area contributed by atoms with Crippen molar-refractivity contribution in [1.29, 1.82) is 0 Å². The summed E-state index contributed by atoms with van der Waals surface area (Å²) in [4.78, 5) is 19.4. The summed E-state index contributed by atoms with van der Waals surface area (Å²) < 4.78 is 21.5. The lowest BCUT2D eigenvalue weighted by molar-refractivity contribution is -0.117. The van der Waals surface area contributed by atoms with E-state index in [9.17, 15) is 9.18 Å². The van der Waals surface area contributed by atoms with Crippen LogP contribution in [0.4, 0.5) is 10.1 Å². The average molecular weight is 444 g/mol. The van der Waals surface area contributed by atoms with Crippen LogP contribution in [-0.4, -0.2) is 28.6 Å². The summed E-state index contributed by atoms with van der Waals surface area (Å²) in [5.41, 5.74) is 3.89. The predicted molar refractivity (Wildman–Crippen MR) is 127 cm³/mol. The van der Waals surface area contributed by atoms with E-state index >= 15 is 0 Å². The molecule has 0 N–H and O–H groups in total. The number of benzene rings is 3. The van der Waals surface area contributed by atoms with Gasteiger partial charge >= 0.3 is 0 Å². The lowest BCUT2D eigenvalue weighted by atomic mass is 10.1. The highest BCUT2D eigenvalue weighted by Crippen LogP contribution is 2.33. The minimum atomic E-state index is -0.309. The zero-order valence-electron chi connectivity index (χ0n) is 18.6. The molecule has 5 rings (SSSR count). The standard InChI is InChI=1S/C27H26FN3O2/c1-19-6-4-7-23(16-19)33-15-5-14-30-25-9-3-2-8-24(25)29-27(30)20-17-26(32)31(18-20)22-12-10-21(28)11-13-22/h2-4,6-13,16,20H,5,14-15,17-18H2,1H3/t20-/m0/s1. The number of halogens is 1. The van der Waals surface area contributed by atoms with Crippen LogP contribution in [0.5, 0.6) is 5.75 Å². The molecule has 0 bridgehead atoms. The molecule has 2 heterocycles. The summed E-state index contributed by atoms with van der Waals surface area (Å²) in [5.74, 6) is 1.50. The van der Waals surface area contributed by atoms with Gasteiger partial charge in [0.25, 0.3) is 0 Å². The van der Waals surface area contributed by atoms with Gasteiger partial charge in [-0.25, -0.2) is 9.37 Å². The SMILES string of the molecule is Cc1cccc(OCCCn2c([C@H]3CC(=O)N(c4ccc(F)cc4)C3)nc3ccccc32)c1. The largest absolute Gasteiger partial charge is 0.494 e. The van der Waals surface area contributed by atoms with Crippen molar-refractivity contribution in [3.8, 4) is 5.75 Å². The minimum Gasteiger partial charge on any atom is -0.494 e. The highest BCUT2D eigenvalue weighted by molar-refractivity contribution is 5.96. The first-order valence-corrected chi connectivity index (χ1v) is 11.3. The molecule has 1 aliphatic heterocycles. The van der Waals surface area contributed by atoms with Crippen molar-refractivity contribution in [2.24, 2.45) is 0 Å². The quantitative estimate of drug-likeness (QED) is 0.356. The third kappa shape index (κ3) is 4.46. The van der Waals surface area contributed by atoms with Crippen molar-refractivity contribution >= 4 is 22.6 Å². The maximum atomic E-state index is 13.3. The van der Waals surface area contributed by atoms with Crippen LogP contribution in [0.1, 0.15) is 30.1 Å². The third-order valence-electron chi connectivity index (χ3n) is 6.10. The Kier molecular flexibility index (Phi) is 5.82. The van der Waals surface area contributed by atoms with Crippen molar-refractivity contribution in [1.82, 2.24) is 9.55 Å². The van der Waals surface area contributed by atoms with Crippen LogP contribution in [0, 0.1) is 12.7 Å². The maximum Gasteiger partial charge on any atom is 0.227 e. The number of ether oxygens (including phenoxy) is 1. The highest BCUT2D eigenvalue weighted by Gasteiger charge is 2.34. The number of fused-ring (bicyclic) bond motifs is 1. The summed E-state index contributed by atoms with van der Waals surface area (Å²) >= 11 is 0. The Morgan fingerprint density at radius 2 is 1.88 bits per heavy atom. The van der Waals surface area contributed by atoms with Crippen LogP contribution >= 0.6 is 0 Å². The number of nitrogens with zero attached hydrogens (tertiary/aromatic N) is 3. The molecular weight excluding hydrogens is 417 g/mol. The number of carbonyl (C=O) groups excluding carboxylic acids is 1. The first kappa shape index (κ1) is 21.2. The normalized spacial score (nSPS) is 16.0. The number of hydrogen-bond donors (Lipinski definition) is 0. The van der Waals surface area contributed by atoms with Gasteiger partial charge in [0.2, 0.25) is 5.91 Å². The molecule has 1 saturated heterocycles. The van der Waals surface area contributed by atoms with E-state index in [-0.39, 0.29) is 17.6 Å². The number of imidazole rings is 1. The molecule has 0 spiro atoms. The van der Waals surface area contributed by atoms with Gasteiger partial charge in [-0.2, -0.15) is 0 Å². The van der Waals surface area contributed by atoms with E-state index in [1.165, 1.54) is 17.7 Å². The van der Waals surface area contributed by atoms with Crippen LogP contribution in [0.15, 0.2) is 72.8 Å². The first-order chi connectivity index (χ1) is 16.1. The molecule has 3 aromatic carbocycles. The van der Waals surface area contributed by atoms with Crippen molar-refractivity contribution in [3.05, 3.63) is 90.0 Å². The van der Waals surface area contributed by atoms with E-state index in [4.69, 9.17) is 9.72 Å². The second-order valence-corrected chi connectivity index (χ2v) is 8.51. The monoisotopic (exact) mass is 443 g/mol. The molecule has 5 nitrogen and oxygen atoms in total. The highest BCUT2D eigenvalue weighted by atomic mass is 19.1. The Morgan fingerprint density at radius 3 is 2.70 bits per heavy atom. The molecule has 6 heteroatoms. The number of rotatable bonds is 7. The molecule has 1 aliphatic rings. The molecule has 4 aromatic rings. The van der Waals surface area contributed by atoms with Gasteiger partial charge in [0.05, 0.1) is 17.6 Å². The molecule has 1 atom stereocenters. The van der Waals surface area contributed by atoms with Gasteiger partial charge in [0.15, 0.2) is 0 Å². The number of anilines is 1. The lowest BCUT2D eigenvalue weighted by Gasteiger charge is -2.17. The minimum absolute atomic E-state index is 0.0207.